The van der Waals surface area contributed by atoms with Crippen LogP contribution in [0, 0.1) is 0 Å². The van der Waals surface area contributed by atoms with Gasteiger partial charge >= 0.3 is 5.97 Å². The highest BCUT2D eigenvalue weighted by atomic mass is 35.5. The van der Waals surface area contributed by atoms with E-state index in [-0.39, 0.29) is 35.3 Å². The first-order chi connectivity index (χ1) is 9.42. The smallest absolute Gasteiger partial charge is 0.374 e. The van der Waals surface area contributed by atoms with Crippen LogP contribution in [0.3, 0.4) is 0 Å². The van der Waals surface area contributed by atoms with Gasteiger partial charge in [-0.2, -0.15) is 0 Å². The van der Waals surface area contributed by atoms with Gasteiger partial charge < -0.3 is 14.9 Å². The predicted octanol–water partition coefficient (Wildman–Crippen LogP) is 1.04. The molecule has 1 saturated carbocycles. The van der Waals surface area contributed by atoms with Gasteiger partial charge in [0, 0.05) is 12.1 Å². The Morgan fingerprint density at radius 1 is 1.33 bits per heavy atom. The highest BCUT2D eigenvalue weighted by Gasteiger charge is 2.27. The van der Waals surface area contributed by atoms with E-state index in [0.29, 0.717) is 12.8 Å². The Hall–Kier alpha value is -1.09. The molecule has 0 unspecified atom stereocenters. The number of furan rings is 1. The van der Waals surface area contributed by atoms with Gasteiger partial charge in [-0.15, -0.1) is 12.4 Å². The summed E-state index contributed by atoms with van der Waals surface area (Å²) in [5.41, 5.74) is 5.78. The second-order valence-corrected chi connectivity index (χ2v) is 6.49. The number of hydrogen-bond acceptors (Lipinski definition) is 6. The summed E-state index contributed by atoms with van der Waals surface area (Å²) in [7, 11) is -2.57. The lowest BCUT2D eigenvalue weighted by Crippen LogP contribution is -2.40. The van der Waals surface area contributed by atoms with E-state index in [4.69, 9.17) is 10.2 Å². The molecule has 3 N–H and O–H groups in total. The molecule has 1 aliphatic carbocycles. The van der Waals surface area contributed by atoms with Crippen molar-refractivity contribution in [3.05, 3.63) is 17.9 Å². The van der Waals surface area contributed by atoms with Gasteiger partial charge in [0.05, 0.1) is 7.11 Å². The number of esters is 1. The van der Waals surface area contributed by atoms with Crippen LogP contribution in [0.25, 0.3) is 0 Å². The van der Waals surface area contributed by atoms with Crippen molar-refractivity contribution in [1.82, 2.24) is 4.72 Å². The molecule has 0 aliphatic heterocycles. The Morgan fingerprint density at radius 2 is 1.95 bits per heavy atom. The van der Waals surface area contributed by atoms with Gasteiger partial charge in [-0.3, -0.25) is 0 Å². The first kappa shape index (κ1) is 18.0. The van der Waals surface area contributed by atoms with Crippen LogP contribution in [0.2, 0.25) is 0 Å². The molecule has 0 bridgehead atoms. The fourth-order valence-electron chi connectivity index (χ4n) is 2.19. The van der Waals surface area contributed by atoms with E-state index in [2.05, 4.69) is 9.46 Å². The number of hydrogen-bond donors (Lipinski definition) is 2. The van der Waals surface area contributed by atoms with E-state index in [1.165, 1.54) is 19.2 Å². The second kappa shape index (κ2) is 7.26. The van der Waals surface area contributed by atoms with E-state index < -0.39 is 16.0 Å². The fourth-order valence-corrected chi connectivity index (χ4v) is 3.43. The average molecular weight is 339 g/mol. The normalized spacial score (nSPS) is 22.4. The fraction of sp³-hybridized carbons (Fsp3) is 0.583. The van der Waals surface area contributed by atoms with Gasteiger partial charge in [-0.25, -0.2) is 17.9 Å². The Bertz CT molecular complexity index is 578. The zero-order chi connectivity index (χ0) is 14.8. The summed E-state index contributed by atoms with van der Waals surface area (Å²) >= 11 is 0. The van der Waals surface area contributed by atoms with Crippen LogP contribution < -0.4 is 10.5 Å². The summed E-state index contributed by atoms with van der Waals surface area (Å²) in [6.07, 6.45) is 2.98. The molecule has 21 heavy (non-hydrogen) atoms. The Balaban J connectivity index is 0.00000220. The lowest BCUT2D eigenvalue weighted by atomic mass is 9.93. The standard InChI is InChI=1S/C12H18N2O5S.ClH/c1-18-12(15)10-6-7-11(19-10)20(16,17)14-9-4-2-8(13)3-5-9;/h6-9,14H,2-5,13H2,1H3;1H. The summed E-state index contributed by atoms with van der Waals surface area (Å²) in [4.78, 5) is 11.2. The van der Waals surface area contributed by atoms with E-state index in [0.717, 1.165) is 12.8 Å². The van der Waals surface area contributed by atoms with Crippen LogP contribution in [0.15, 0.2) is 21.6 Å². The highest BCUT2D eigenvalue weighted by molar-refractivity contribution is 7.89. The van der Waals surface area contributed by atoms with E-state index >= 15 is 0 Å². The summed E-state index contributed by atoms with van der Waals surface area (Å²) in [6.45, 7) is 0. The Kier molecular flexibility index (Phi) is 6.21. The number of ether oxygens (including phenoxy) is 1. The molecule has 9 heteroatoms. The van der Waals surface area contributed by atoms with Crippen LogP contribution in [-0.2, 0) is 14.8 Å². The molecule has 1 heterocycles. The Labute approximate surface area is 129 Å². The average Bonchev–Trinajstić information content (AvgIpc) is 2.91. The van der Waals surface area contributed by atoms with Crippen LogP contribution in [0.1, 0.15) is 36.2 Å². The van der Waals surface area contributed by atoms with Gasteiger partial charge in [0.25, 0.3) is 10.0 Å². The van der Waals surface area contributed by atoms with Crippen molar-refractivity contribution in [2.75, 3.05) is 7.11 Å². The molecule has 7 nitrogen and oxygen atoms in total. The first-order valence-electron chi connectivity index (χ1n) is 6.38. The minimum absolute atomic E-state index is 0. The van der Waals surface area contributed by atoms with Crippen molar-refractivity contribution >= 4 is 28.4 Å². The van der Waals surface area contributed by atoms with Gasteiger partial charge in [-0.05, 0) is 37.8 Å². The van der Waals surface area contributed by atoms with Crippen LogP contribution >= 0.6 is 12.4 Å². The number of nitrogens with two attached hydrogens (primary N) is 1. The molecule has 0 saturated heterocycles. The molecule has 0 atom stereocenters. The molecule has 1 aliphatic rings. The summed E-state index contributed by atoms with van der Waals surface area (Å²) in [6, 6.07) is 2.51. The predicted molar refractivity (Wildman–Crippen MR) is 77.8 cm³/mol. The van der Waals surface area contributed by atoms with Gasteiger partial charge in [0.2, 0.25) is 10.9 Å². The maximum Gasteiger partial charge on any atom is 0.374 e. The largest absolute Gasteiger partial charge is 0.463 e. The van der Waals surface area contributed by atoms with Crippen molar-refractivity contribution in [2.45, 2.75) is 42.9 Å². The number of halogens is 1. The lowest BCUT2D eigenvalue weighted by Gasteiger charge is -2.26. The second-order valence-electron chi connectivity index (χ2n) is 4.84. The highest BCUT2D eigenvalue weighted by Crippen LogP contribution is 2.20. The van der Waals surface area contributed by atoms with Crippen LogP contribution in [-0.4, -0.2) is 33.6 Å². The molecular weight excluding hydrogens is 320 g/mol. The van der Waals surface area contributed by atoms with E-state index in [9.17, 15) is 13.2 Å². The molecule has 1 aromatic heterocycles. The van der Waals surface area contributed by atoms with E-state index in [1.807, 2.05) is 0 Å². The molecule has 0 spiro atoms. The maximum absolute atomic E-state index is 12.1. The number of carbonyl (C=O) groups is 1. The van der Waals surface area contributed by atoms with E-state index in [1.54, 1.807) is 0 Å². The van der Waals surface area contributed by atoms with Crippen molar-refractivity contribution in [1.29, 1.82) is 0 Å². The summed E-state index contributed by atoms with van der Waals surface area (Å²) in [5, 5.41) is -0.284. The van der Waals surface area contributed by atoms with Crippen LogP contribution in [0.4, 0.5) is 0 Å². The molecule has 1 fully saturated rings. The number of carbonyl (C=O) groups excluding carboxylic acids is 1. The molecule has 0 radical (unpaired) electrons. The monoisotopic (exact) mass is 338 g/mol. The van der Waals surface area contributed by atoms with Gasteiger partial charge in [-0.1, -0.05) is 0 Å². The number of methoxy groups -OCH3 is 1. The molecule has 1 aromatic rings. The number of rotatable bonds is 4. The zero-order valence-corrected chi connectivity index (χ0v) is 13.2. The summed E-state index contributed by atoms with van der Waals surface area (Å²) in [5.74, 6) is -0.853. The van der Waals surface area contributed by atoms with Crippen molar-refractivity contribution in [2.24, 2.45) is 5.73 Å². The third-order valence-corrected chi connectivity index (χ3v) is 4.72. The van der Waals surface area contributed by atoms with Gasteiger partial charge in [0.1, 0.15) is 0 Å². The molecule has 0 amide bonds. The first-order valence-corrected chi connectivity index (χ1v) is 7.87. The molecule has 120 valence electrons. The zero-order valence-electron chi connectivity index (χ0n) is 11.6. The number of sulfonamides is 1. The van der Waals surface area contributed by atoms with Crippen molar-refractivity contribution in [3.8, 4) is 0 Å². The minimum atomic E-state index is -3.76. The molecule has 2 rings (SSSR count). The molecule has 0 aromatic carbocycles. The quantitative estimate of drug-likeness (QED) is 0.793. The third-order valence-electron chi connectivity index (χ3n) is 3.33. The lowest BCUT2D eigenvalue weighted by molar-refractivity contribution is 0.0559. The minimum Gasteiger partial charge on any atom is -0.463 e. The van der Waals surface area contributed by atoms with Crippen molar-refractivity contribution in [3.63, 3.8) is 0 Å². The molecular formula is C12H19ClN2O5S. The summed E-state index contributed by atoms with van der Waals surface area (Å²) < 4.78 is 36.3. The SMILES string of the molecule is COC(=O)c1ccc(S(=O)(=O)NC2CCC(N)CC2)o1.Cl. The number of nitrogens with one attached hydrogen (secondary N) is 1. The van der Waals surface area contributed by atoms with Crippen molar-refractivity contribution < 1.29 is 22.4 Å². The topological polar surface area (TPSA) is 112 Å². The van der Waals surface area contributed by atoms with Crippen LogP contribution in [0.5, 0.6) is 0 Å². The third kappa shape index (κ3) is 4.44. The Morgan fingerprint density at radius 3 is 2.52 bits per heavy atom. The van der Waals surface area contributed by atoms with Gasteiger partial charge in [0.15, 0.2) is 0 Å². The maximum atomic E-state index is 12.1.